The van der Waals surface area contributed by atoms with Crippen molar-refractivity contribution in [3.05, 3.63) is 71.8 Å². The van der Waals surface area contributed by atoms with Crippen LogP contribution in [0.5, 0.6) is 0 Å². The summed E-state index contributed by atoms with van der Waals surface area (Å²) >= 11 is 5.42. The molecule has 0 spiro atoms. The molecule has 3 rings (SSSR count). The lowest BCUT2D eigenvalue weighted by molar-refractivity contribution is 0.494. The van der Waals surface area contributed by atoms with Gasteiger partial charge in [0.25, 0.3) is 0 Å². The Labute approximate surface area is 135 Å². The molecule has 0 atom stereocenters. The van der Waals surface area contributed by atoms with Gasteiger partial charge in [0, 0.05) is 0 Å². The minimum Gasteiger partial charge on any atom is -0.237 e. The number of hydrazone groups is 2. The summed E-state index contributed by atoms with van der Waals surface area (Å²) in [4.78, 5) is 0. The number of benzene rings is 2. The number of nitrogens with zero attached hydrogens (tertiary/aromatic N) is 4. The molecule has 0 saturated carbocycles. The SMILES string of the molecule is S=C1N(N=Cc2ccccc2)CCN1N=Cc1ccccc1. The largest absolute Gasteiger partial charge is 0.237 e. The third kappa shape index (κ3) is 3.56. The molecule has 0 N–H and O–H groups in total. The second-order valence-corrected chi connectivity index (χ2v) is 5.20. The van der Waals surface area contributed by atoms with Crippen molar-refractivity contribution in [3.8, 4) is 0 Å². The zero-order valence-electron chi connectivity index (χ0n) is 12.0. The van der Waals surface area contributed by atoms with Crippen LogP contribution in [0.15, 0.2) is 70.9 Å². The normalized spacial score (nSPS) is 15.4. The van der Waals surface area contributed by atoms with Gasteiger partial charge in [0.1, 0.15) is 0 Å². The maximum absolute atomic E-state index is 5.42. The Morgan fingerprint density at radius 3 is 1.55 bits per heavy atom. The fourth-order valence-corrected chi connectivity index (χ4v) is 2.36. The van der Waals surface area contributed by atoms with E-state index in [-0.39, 0.29) is 0 Å². The number of hydrogen-bond donors (Lipinski definition) is 0. The maximum atomic E-state index is 5.42. The molecule has 0 radical (unpaired) electrons. The molecule has 1 fully saturated rings. The van der Waals surface area contributed by atoms with Crippen molar-refractivity contribution in [2.24, 2.45) is 10.2 Å². The lowest BCUT2D eigenvalue weighted by Crippen LogP contribution is -2.24. The van der Waals surface area contributed by atoms with E-state index in [0.717, 1.165) is 24.2 Å². The van der Waals surface area contributed by atoms with E-state index in [1.807, 2.05) is 73.1 Å². The van der Waals surface area contributed by atoms with Gasteiger partial charge in [-0.25, -0.2) is 10.0 Å². The molecule has 0 aromatic heterocycles. The van der Waals surface area contributed by atoms with Crippen molar-refractivity contribution in [3.63, 3.8) is 0 Å². The molecular weight excluding hydrogens is 292 g/mol. The van der Waals surface area contributed by atoms with Gasteiger partial charge in [-0.3, -0.25) is 0 Å². The van der Waals surface area contributed by atoms with Gasteiger partial charge < -0.3 is 0 Å². The Bertz CT molecular complexity index is 623. The molecule has 22 heavy (non-hydrogen) atoms. The molecule has 2 aromatic rings. The molecule has 1 heterocycles. The van der Waals surface area contributed by atoms with Gasteiger partial charge in [-0.1, -0.05) is 60.7 Å². The summed E-state index contributed by atoms with van der Waals surface area (Å²) in [7, 11) is 0. The van der Waals surface area contributed by atoms with Crippen molar-refractivity contribution in [2.75, 3.05) is 13.1 Å². The minimum atomic E-state index is 0.624. The third-order valence-corrected chi connectivity index (χ3v) is 3.68. The van der Waals surface area contributed by atoms with Gasteiger partial charge in [-0.05, 0) is 23.3 Å². The lowest BCUT2D eigenvalue weighted by atomic mass is 10.2. The zero-order chi connectivity index (χ0) is 15.2. The summed E-state index contributed by atoms with van der Waals surface area (Å²) in [6.45, 7) is 1.49. The van der Waals surface area contributed by atoms with E-state index in [4.69, 9.17) is 12.2 Å². The Morgan fingerprint density at radius 2 is 1.14 bits per heavy atom. The first-order valence-electron chi connectivity index (χ1n) is 7.10. The van der Waals surface area contributed by atoms with Crippen LogP contribution in [0, 0.1) is 0 Å². The molecule has 5 heteroatoms. The van der Waals surface area contributed by atoms with Crippen molar-refractivity contribution >= 4 is 29.8 Å². The second kappa shape index (κ2) is 6.95. The smallest absolute Gasteiger partial charge is 0.213 e. The molecule has 4 nitrogen and oxygen atoms in total. The van der Waals surface area contributed by atoms with Crippen LogP contribution in [0.3, 0.4) is 0 Å². The Morgan fingerprint density at radius 1 is 0.727 bits per heavy atom. The van der Waals surface area contributed by atoms with Gasteiger partial charge >= 0.3 is 0 Å². The Hall–Kier alpha value is -2.53. The van der Waals surface area contributed by atoms with Crippen LogP contribution >= 0.6 is 12.2 Å². The average Bonchev–Trinajstić information content (AvgIpc) is 2.93. The highest BCUT2D eigenvalue weighted by Gasteiger charge is 2.23. The van der Waals surface area contributed by atoms with Gasteiger partial charge in [-0.15, -0.1) is 0 Å². The molecule has 0 unspecified atom stereocenters. The van der Waals surface area contributed by atoms with Crippen LogP contribution in [0.1, 0.15) is 11.1 Å². The van der Waals surface area contributed by atoms with Gasteiger partial charge in [0.2, 0.25) is 5.11 Å². The fraction of sp³-hybridized carbons (Fsp3) is 0.118. The second-order valence-electron chi connectivity index (χ2n) is 4.84. The van der Waals surface area contributed by atoms with Crippen molar-refractivity contribution in [1.82, 2.24) is 10.0 Å². The number of hydrogen-bond acceptors (Lipinski definition) is 3. The summed E-state index contributed by atoms with van der Waals surface area (Å²) in [5.41, 5.74) is 2.10. The minimum absolute atomic E-state index is 0.624. The topological polar surface area (TPSA) is 31.2 Å². The van der Waals surface area contributed by atoms with E-state index in [2.05, 4.69) is 10.2 Å². The highest BCUT2D eigenvalue weighted by atomic mass is 32.1. The van der Waals surface area contributed by atoms with Crippen molar-refractivity contribution < 1.29 is 0 Å². The molecule has 1 aliphatic heterocycles. The first-order valence-corrected chi connectivity index (χ1v) is 7.51. The van der Waals surface area contributed by atoms with Crippen LogP contribution in [0.4, 0.5) is 0 Å². The van der Waals surface area contributed by atoms with Gasteiger partial charge in [-0.2, -0.15) is 10.2 Å². The summed E-state index contributed by atoms with van der Waals surface area (Å²) < 4.78 is 0. The first-order chi connectivity index (χ1) is 10.8. The number of rotatable bonds is 4. The van der Waals surface area contributed by atoms with E-state index in [1.54, 1.807) is 10.0 Å². The van der Waals surface area contributed by atoms with E-state index >= 15 is 0 Å². The van der Waals surface area contributed by atoms with Gasteiger partial charge in [0.15, 0.2) is 0 Å². The predicted molar refractivity (Wildman–Crippen MR) is 94.1 cm³/mol. The summed E-state index contributed by atoms with van der Waals surface area (Å²) in [5, 5.41) is 13.1. The molecule has 110 valence electrons. The molecule has 1 saturated heterocycles. The summed E-state index contributed by atoms with van der Waals surface area (Å²) in [6, 6.07) is 19.9. The molecule has 0 bridgehead atoms. The Kier molecular flexibility index (Phi) is 4.56. The summed E-state index contributed by atoms with van der Waals surface area (Å²) in [5.74, 6) is 0. The summed E-state index contributed by atoms with van der Waals surface area (Å²) in [6.07, 6.45) is 3.63. The predicted octanol–water partition coefficient (Wildman–Crippen LogP) is 2.96. The third-order valence-electron chi connectivity index (χ3n) is 3.26. The highest BCUT2D eigenvalue weighted by Crippen LogP contribution is 2.10. The molecule has 0 aliphatic carbocycles. The zero-order valence-corrected chi connectivity index (χ0v) is 12.9. The molecular formula is C17H16N4S. The molecule has 2 aromatic carbocycles. The quantitative estimate of drug-likeness (QED) is 0.643. The van der Waals surface area contributed by atoms with Crippen molar-refractivity contribution in [2.45, 2.75) is 0 Å². The molecule has 0 amide bonds. The lowest BCUT2D eigenvalue weighted by Gasteiger charge is -2.13. The fourth-order valence-electron chi connectivity index (χ4n) is 2.08. The van der Waals surface area contributed by atoms with Crippen LogP contribution in [0.25, 0.3) is 0 Å². The van der Waals surface area contributed by atoms with Crippen LogP contribution < -0.4 is 0 Å². The van der Waals surface area contributed by atoms with Crippen LogP contribution in [0.2, 0.25) is 0 Å². The maximum Gasteiger partial charge on any atom is 0.213 e. The average molecular weight is 308 g/mol. The standard InChI is InChI=1S/C17H16N4S/c22-17-20(18-13-15-7-3-1-4-8-15)11-12-21(17)19-14-16-9-5-2-6-10-16/h1-10,13-14H,11-12H2. The molecule has 1 aliphatic rings. The van der Waals surface area contributed by atoms with E-state index in [9.17, 15) is 0 Å². The Balaban J connectivity index is 1.63. The van der Waals surface area contributed by atoms with Crippen LogP contribution in [-0.4, -0.2) is 40.6 Å². The van der Waals surface area contributed by atoms with Crippen molar-refractivity contribution in [1.29, 1.82) is 0 Å². The first kappa shape index (κ1) is 14.4. The highest BCUT2D eigenvalue weighted by molar-refractivity contribution is 7.80. The monoisotopic (exact) mass is 308 g/mol. The number of thiocarbonyl (C=S) groups is 1. The van der Waals surface area contributed by atoms with Crippen LogP contribution in [-0.2, 0) is 0 Å². The van der Waals surface area contributed by atoms with Gasteiger partial charge in [0.05, 0.1) is 25.5 Å². The van der Waals surface area contributed by atoms with E-state index < -0.39 is 0 Å². The van der Waals surface area contributed by atoms with E-state index in [1.165, 1.54) is 0 Å². The van der Waals surface area contributed by atoms with E-state index in [0.29, 0.717) is 5.11 Å².